The third-order valence-corrected chi connectivity index (χ3v) is 3.72. The number of aromatic nitrogens is 4. The van der Waals surface area contributed by atoms with E-state index in [4.69, 9.17) is 5.26 Å². The summed E-state index contributed by atoms with van der Waals surface area (Å²) < 4.78 is 3.48. The van der Waals surface area contributed by atoms with Gasteiger partial charge >= 0.3 is 0 Å². The summed E-state index contributed by atoms with van der Waals surface area (Å²) in [4.78, 5) is 14.4. The van der Waals surface area contributed by atoms with Crippen LogP contribution in [-0.4, -0.2) is 36.9 Å². The molecule has 7 nitrogen and oxygen atoms in total. The van der Waals surface area contributed by atoms with Crippen LogP contribution in [0.3, 0.4) is 0 Å². The van der Waals surface area contributed by atoms with Crippen molar-refractivity contribution in [2.75, 3.05) is 6.54 Å². The molecule has 1 amide bonds. The standard InChI is InChI=1S/C14H16N6O/c1-11(19-6-2-4-16-19)14(21)18-5-3-7-20-13(10-18)8-12(9-15)17-20/h2,4,6,8,11H,3,5,7,10H2,1H3/t11-/m1/s1. The summed E-state index contributed by atoms with van der Waals surface area (Å²) in [6.07, 6.45) is 4.29. The van der Waals surface area contributed by atoms with Crippen LogP contribution in [0, 0.1) is 11.3 Å². The molecule has 3 heterocycles. The maximum atomic E-state index is 12.6. The number of nitrogens with zero attached hydrogens (tertiary/aromatic N) is 6. The first-order valence-electron chi connectivity index (χ1n) is 6.94. The number of hydrogen-bond acceptors (Lipinski definition) is 4. The normalized spacial score (nSPS) is 15.9. The second kappa shape index (κ2) is 5.40. The largest absolute Gasteiger partial charge is 0.335 e. The average molecular weight is 284 g/mol. The smallest absolute Gasteiger partial charge is 0.247 e. The van der Waals surface area contributed by atoms with Crippen molar-refractivity contribution in [2.45, 2.75) is 32.5 Å². The fourth-order valence-electron chi connectivity index (χ4n) is 2.59. The lowest BCUT2D eigenvalue weighted by Gasteiger charge is -2.24. The Balaban J connectivity index is 1.80. The molecule has 0 bridgehead atoms. The number of carbonyl (C=O) groups excluding carboxylic acids is 1. The molecule has 0 aliphatic carbocycles. The zero-order chi connectivity index (χ0) is 14.8. The molecular weight excluding hydrogens is 268 g/mol. The Labute approximate surface area is 122 Å². The van der Waals surface area contributed by atoms with E-state index in [1.165, 1.54) is 0 Å². The van der Waals surface area contributed by atoms with Crippen LogP contribution in [0.15, 0.2) is 24.5 Å². The zero-order valence-electron chi connectivity index (χ0n) is 11.8. The minimum Gasteiger partial charge on any atom is -0.335 e. The summed E-state index contributed by atoms with van der Waals surface area (Å²) in [5, 5.41) is 17.3. The molecule has 108 valence electrons. The van der Waals surface area contributed by atoms with Crippen LogP contribution in [0.2, 0.25) is 0 Å². The van der Waals surface area contributed by atoms with Crippen molar-refractivity contribution in [3.63, 3.8) is 0 Å². The Bertz CT molecular complexity index is 681. The van der Waals surface area contributed by atoms with Crippen LogP contribution in [-0.2, 0) is 17.9 Å². The molecule has 0 fully saturated rings. The van der Waals surface area contributed by atoms with Gasteiger partial charge in [0.1, 0.15) is 12.1 Å². The van der Waals surface area contributed by atoms with Gasteiger partial charge in [-0.25, -0.2) is 0 Å². The van der Waals surface area contributed by atoms with Crippen LogP contribution in [0.25, 0.3) is 0 Å². The van der Waals surface area contributed by atoms with E-state index in [-0.39, 0.29) is 11.9 Å². The van der Waals surface area contributed by atoms with Gasteiger partial charge in [-0.2, -0.15) is 15.5 Å². The lowest BCUT2D eigenvalue weighted by molar-refractivity contribution is -0.135. The van der Waals surface area contributed by atoms with Gasteiger partial charge in [0.05, 0.1) is 12.2 Å². The fourth-order valence-corrected chi connectivity index (χ4v) is 2.59. The molecule has 0 saturated carbocycles. The SMILES string of the molecule is C[C@H](C(=O)N1CCCn2nc(C#N)cc2C1)n1cccn1. The Morgan fingerprint density at radius 2 is 2.33 bits per heavy atom. The number of carbonyl (C=O) groups is 1. The van der Waals surface area contributed by atoms with Gasteiger partial charge < -0.3 is 4.90 Å². The Kier molecular flexibility index (Phi) is 3.44. The van der Waals surface area contributed by atoms with E-state index >= 15 is 0 Å². The van der Waals surface area contributed by atoms with E-state index in [0.29, 0.717) is 18.8 Å². The maximum absolute atomic E-state index is 12.6. The van der Waals surface area contributed by atoms with Gasteiger partial charge in [0.15, 0.2) is 5.69 Å². The highest BCUT2D eigenvalue weighted by Gasteiger charge is 2.25. The van der Waals surface area contributed by atoms with Gasteiger partial charge in [-0.05, 0) is 25.5 Å². The Hall–Kier alpha value is -2.62. The van der Waals surface area contributed by atoms with Crippen LogP contribution in [0.1, 0.15) is 30.8 Å². The number of nitriles is 1. The summed E-state index contributed by atoms with van der Waals surface area (Å²) >= 11 is 0. The molecule has 0 saturated heterocycles. The number of amides is 1. The summed E-state index contributed by atoms with van der Waals surface area (Å²) in [5.74, 6) is 0.0341. The van der Waals surface area contributed by atoms with Gasteiger partial charge in [0.25, 0.3) is 0 Å². The third-order valence-electron chi connectivity index (χ3n) is 3.72. The molecule has 1 aliphatic heterocycles. The van der Waals surface area contributed by atoms with E-state index in [1.54, 1.807) is 29.2 Å². The third kappa shape index (κ3) is 2.52. The van der Waals surface area contributed by atoms with E-state index in [1.807, 2.05) is 22.6 Å². The van der Waals surface area contributed by atoms with Crippen molar-refractivity contribution in [2.24, 2.45) is 0 Å². The molecule has 0 unspecified atom stereocenters. The minimum absolute atomic E-state index is 0.0341. The highest BCUT2D eigenvalue weighted by atomic mass is 16.2. The molecule has 0 radical (unpaired) electrons. The first-order valence-corrected chi connectivity index (χ1v) is 6.94. The molecule has 2 aromatic heterocycles. The van der Waals surface area contributed by atoms with Crippen LogP contribution in [0.5, 0.6) is 0 Å². The highest BCUT2D eigenvalue weighted by molar-refractivity contribution is 5.80. The molecule has 0 aromatic carbocycles. The predicted molar refractivity (Wildman–Crippen MR) is 73.9 cm³/mol. The summed E-state index contributed by atoms with van der Waals surface area (Å²) in [6.45, 7) is 3.75. The van der Waals surface area contributed by atoms with E-state index in [9.17, 15) is 4.79 Å². The molecule has 1 aliphatic rings. The van der Waals surface area contributed by atoms with Crippen LogP contribution < -0.4 is 0 Å². The first-order chi connectivity index (χ1) is 10.2. The average Bonchev–Trinajstić information content (AvgIpc) is 3.11. The van der Waals surface area contributed by atoms with Crippen molar-refractivity contribution in [1.29, 1.82) is 5.26 Å². The topological polar surface area (TPSA) is 79.7 Å². The van der Waals surface area contributed by atoms with Crippen molar-refractivity contribution in [3.8, 4) is 6.07 Å². The first kappa shape index (κ1) is 13.4. The van der Waals surface area contributed by atoms with Crippen LogP contribution in [0.4, 0.5) is 0 Å². The summed E-state index contributed by atoms with van der Waals surface area (Å²) in [7, 11) is 0. The second-order valence-electron chi connectivity index (χ2n) is 5.13. The van der Waals surface area contributed by atoms with Crippen LogP contribution >= 0.6 is 0 Å². The number of rotatable bonds is 2. The number of aryl methyl sites for hydroxylation is 1. The fraction of sp³-hybridized carbons (Fsp3) is 0.429. The van der Waals surface area contributed by atoms with Gasteiger partial charge in [0, 0.05) is 25.5 Å². The van der Waals surface area contributed by atoms with Crippen molar-refractivity contribution in [1.82, 2.24) is 24.5 Å². The Morgan fingerprint density at radius 1 is 1.48 bits per heavy atom. The predicted octanol–water partition coefficient (Wildman–Crippen LogP) is 0.945. The summed E-state index contributed by atoms with van der Waals surface area (Å²) in [6, 6.07) is 5.28. The number of hydrogen-bond donors (Lipinski definition) is 0. The molecule has 21 heavy (non-hydrogen) atoms. The van der Waals surface area contributed by atoms with Crippen molar-refractivity contribution < 1.29 is 4.79 Å². The zero-order valence-corrected chi connectivity index (χ0v) is 11.8. The lowest BCUT2D eigenvalue weighted by Crippen LogP contribution is -2.36. The van der Waals surface area contributed by atoms with Crippen molar-refractivity contribution in [3.05, 3.63) is 35.9 Å². The quantitative estimate of drug-likeness (QED) is 0.822. The Morgan fingerprint density at radius 3 is 3.05 bits per heavy atom. The van der Waals surface area contributed by atoms with Gasteiger partial charge in [-0.1, -0.05) is 0 Å². The van der Waals surface area contributed by atoms with E-state index in [2.05, 4.69) is 10.2 Å². The monoisotopic (exact) mass is 284 g/mol. The molecule has 7 heteroatoms. The molecular formula is C14H16N6O. The minimum atomic E-state index is -0.329. The lowest BCUT2D eigenvalue weighted by atomic mass is 10.2. The second-order valence-corrected chi connectivity index (χ2v) is 5.13. The summed E-state index contributed by atoms with van der Waals surface area (Å²) in [5.41, 5.74) is 1.31. The molecule has 1 atom stereocenters. The van der Waals surface area contributed by atoms with E-state index < -0.39 is 0 Å². The molecule has 0 spiro atoms. The molecule has 0 N–H and O–H groups in total. The van der Waals surface area contributed by atoms with Gasteiger partial charge in [-0.3, -0.25) is 14.2 Å². The number of fused-ring (bicyclic) bond motifs is 1. The van der Waals surface area contributed by atoms with Gasteiger partial charge in [-0.15, -0.1) is 0 Å². The van der Waals surface area contributed by atoms with Gasteiger partial charge in [0.2, 0.25) is 5.91 Å². The maximum Gasteiger partial charge on any atom is 0.247 e. The molecule has 3 rings (SSSR count). The van der Waals surface area contributed by atoms with Crippen molar-refractivity contribution >= 4 is 5.91 Å². The highest BCUT2D eigenvalue weighted by Crippen LogP contribution is 2.17. The molecule has 2 aromatic rings. The van der Waals surface area contributed by atoms with E-state index in [0.717, 1.165) is 18.7 Å².